The van der Waals surface area contributed by atoms with E-state index in [-0.39, 0.29) is 5.91 Å². The Hall–Kier alpha value is -2.29. The van der Waals surface area contributed by atoms with Crippen molar-refractivity contribution in [2.24, 2.45) is 17.3 Å². The van der Waals surface area contributed by atoms with Crippen LogP contribution in [0.15, 0.2) is 60.2 Å². The number of nitrogen functional groups attached to an aromatic ring is 1. The molecule has 2 rings (SSSR count). The van der Waals surface area contributed by atoms with Gasteiger partial charge in [-0.05, 0) is 60.3 Å². The van der Waals surface area contributed by atoms with Gasteiger partial charge in [0.15, 0.2) is 0 Å². The van der Waals surface area contributed by atoms with Crippen LogP contribution in [0.25, 0.3) is 0 Å². The number of rotatable bonds is 8. The van der Waals surface area contributed by atoms with Gasteiger partial charge < -0.3 is 11.1 Å². The molecule has 1 aromatic carbocycles. The van der Waals surface area contributed by atoms with Gasteiger partial charge in [-0.25, -0.2) is 0 Å². The summed E-state index contributed by atoms with van der Waals surface area (Å²) in [6, 6.07) is 7.28. The molecular formula is C24H34N2O. The first kappa shape index (κ1) is 21.0. The van der Waals surface area contributed by atoms with E-state index >= 15 is 0 Å². The van der Waals surface area contributed by atoms with Gasteiger partial charge in [-0.3, -0.25) is 4.79 Å². The van der Waals surface area contributed by atoms with Gasteiger partial charge in [0.25, 0.3) is 0 Å². The summed E-state index contributed by atoms with van der Waals surface area (Å²) in [6.45, 7) is 9.32. The number of benzene rings is 1. The van der Waals surface area contributed by atoms with Crippen LogP contribution in [-0.4, -0.2) is 5.91 Å². The topological polar surface area (TPSA) is 55.1 Å². The van der Waals surface area contributed by atoms with Gasteiger partial charge in [-0.2, -0.15) is 0 Å². The zero-order valence-corrected chi connectivity index (χ0v) is 17.2. The second kappa shape index (κ2) is 9.59. The van der Waals surface area contributed by atoms with E-state index < -0.39 is 0 Å². The number of nitrogens with one attached hydrogen (secondary N) is 1. The van der Waals surface area contributed by atoms with E-state index in [2.05, 4.69) is 51.2 Å². The molecule has 3 nitrogen and oxygen atoms in total. The number of amides is 1. The third-order valence-electron chi connectivity index (χ3n) is 5.37. The summed E-state index contributed by atoms with van der Waals surface area (Å²) >= 11 is 0. The molecule has 1 aliphatic rings. The van der Waals surface area contributed by atoms with Crippen molar-refractivity contribution in [1.29, 1.82) is 0 Å². The fourth-order valence-corrected chi connectivity index (χ4v) is 4.18. The summed E-state index contributed by atoms with van der Waals surface area (Å²) < 4.78 is 0. The van der Waals surface area contributed by atoms with E-state index in [1.165, 1.54) is 19.3 Å². The van der Waals surface area contributed by atoms with E-state index in [4.69, 9.17) is 5.73 Å². The molecule has 0 saturated carbocycles. The Bertz CT molecular complexity index is 730. The van der Waals surface area contributed by atoms with Crippen molar-refractivity contribution < 1.29 is 4.79 Å². The van der Waals surface area contributed by atoms with Crippen LogP contribution in [-0.2, 0) is 4.79 Å². The van der Waals surface area contributed by atoms with Gasteiger partial charge in [0.2, 0.25) is 5.91 Å². The molecule has 0 saturated heterocycles. The number of hydrogen-bond acceptors (Lipinski definition) is 2. The number of carbonyl (C=O) groups excluding carboxylic acids is 1. The zero-order valence-electron chi connectivity index (χ0n) is 17.2. The summed E-state index contributed by atoms with van der Waals surface area (Å²) in [6.07, 6.45) is 14.9. The van der Waals surface area contributed by atoms with Crippen LogP contribution < -0.4 is 11.1 Å². The molecule has 1 aliphatic carbocycles. The first-order valence-corrected chi connectivity index (χ1v) is 10.1. The molecule has 146 valence electrons. The fourth-order valence-electron chi connectivity index (χ4n) is 4.18. The van der Waals surface area contributed by atoms with Gasteiger partial charge in [0, 0.05) is 6.08 Å². The van der Waals surface area contributed by atoms with Crippen LogP contribution in [0, 0.1) is 17.3 Å². The second-order valence-corrected chi connectivity index (χ2v) is 8.32. The van der Waals surface area contributed by atoms with Crippen LogP contribution in [0.3, 0.4) is 0 Å². The molecule has 2 atom stereocenters. The maximum Gasteiger partial charge on any atom is 0.248 e. The summed E-state index contributed by atoms with van der Waals surface area (Å²) in [5, 5.41) is 2.82. The molecule has 1 aromatic rings. The highest BCUT2D eigenvalue weighted by atomic mass is 16.1. The fraction of sp³-hybridized carbons (Fsp3) is 0.458. The summed E-state index contributed by atoms with van der Waals surface area (Å²) in [7, 11) is 0. The second-order valence-electron chi connectivity index (χ2n) is 8.32. The minimum atomic E-state index is -0.167. The van der Waals surface area contributed by atoms with Crippen LogP contribution in [0.2, 0.25) is 0 Å². The Morgan fingerprint density at radius 1 is 1.37 bits per heavy atom. The number of carbonyl (C=O) groups is 1. The standard InChI is InChI=1S/C24H34N2O/c1-5-16-24(4,17-18(2)3)20-13-10-19(11-14-20)12-15-23(27)26-22-9-7-6-8-21(22)25/h6-13,15,18,20H,5,14,16-17,25H2,1-4H3,(H,26,27)/b15-12+. The predicted molar refractivity (Wildman–Crippen MR) is 116 cm³/mol. The lowest BCUT2D eigenvalue weighted by atomic mass is 9.66. The van der Waals surface area contributed by atoms with Gasteiger partial charge in [-0.15, -0.1) is 0 Å². The molecule has 27 heavy (non-hydrogen) atoms. The minimum Gasteiger partial charge on any atom is -0.397 e. The molecule has 0 aliphatic heterocycles. The Kier molecular flexibility index (Phi) is 7.46. The highest BCUT2D eigenvalue weighted by Crippen LogP contribution is 2.43. The largest absolute Gasteiger partial charge is 0.397 e. The monoisotopic (exact) mass is 366 g/mol. The van der Waals surface area contributed by atoms with Crippen molar-refractivity contribution in [2.45, 2.75) is 53.4 Å². The zero-order chi connectivity index (χ0) is 19.9. The molecule has 0 radical (unpaired) electrons. The average molecular weight is 367 g/mol. The van der Waals surface area contributed by atoms with Crippen molar-refractivity contribution in [3.8, 4) is 0 Å². The third kappa shape index (κ3) is 6.13. The number of anilines is 2. The smallest absolute Gasteiger partial charge is 0.248 e. The molecule has 2 unspecified atom stereocenters. The number of para-hydroxylation sites is 2. The van der Waals surface area contributed by atoms with Crippen molar-refractivity contribution in [2.75, 3.05) is 11.1 Å². The summed E-state index contributed by atoms with van der Waals surface area (Å²) in [5.74, 6) is 1.10. The molecular weight excluding hydrogens is 332 g/mol. The van der Waals surface area contributed by atoms with Gasteiger partial charge in [-0.1, -0.05) is 64.5 Å². The SMILES string of the molecule is CCCC(C)(CC(C)C)C1C=CC(/C=C/C(=O)Nc2ccccc2N)=CC1. The van der Waals surface area contributed by atoms with E-state index in [1.807, 2.05) is 18.2 Å². The maximum absolute atomic E-state index is 12.1. The highest BCUT2D eigenvalue weighted by molar-refractivity contribution is 6.01. The number of allylic oxidation sites excluding steroid dienone is 5. The maximum atomic E-state index is 12.1. The van der Waals surface area contributed by atoms with E-state index in [0.717, 1.165) is 12.0 Å². The molecule has 3 heteroatoms. The van der Waals surface area contributed by atoms with Crippen molar-refractivity contribution in [3.63, 3.8) is 0 Å². The molecule has 3 N–H and O–H groups in total. The van der Waals surface area contributed by atoms with E-state index in [1.54, 1.807) is 18.2 Å². The van der Waals surface area contributed by atoms with Crippen molar-refractivity contribution in [1.82, 2.24) is 0 Å². The third-order valence-corrected chi connectivity index (χ3v) is 5.37. The lowest BCUT2D eigenvalue weighted by molar-refractivity contribution is -0.111. The van der Waals surface area contributed by atoms with E-state index in [0.29, 0.717) is 28.6 Å². The van der Waals surface area contributed by atoms with Crippen LogP contribution in [0.4, 0.5) is 11.4 Å². The predicted octanol–water partition coefficient (Wildman–Crippen LogP) is 6.12. The van der Waals surface area contributed by atoms with Gasteiger partial charge in [0.05, 0.1) is 11.4 Å². The molecule has 0 aromatic heterocycles. The lowest BCUT2D eigenvalue weighted by Gasteiger charge is -2.38. The minimum absolute atomic E-state index is 0.167. The lowest BCUT2D eigenvalue weighted by Crippen LogP contribution is -2.28. The Balaban J connectivity index is 1.96. The highest BCUT2D eigenvalue weighted by Gasteiger charge is 2.32. The van der Waals surface area contributed by atoms with Crippen LogP contribution >= 0.6 is 0 Å². The van der Waals surface area contributed by atoms with Crippen LogP contribution in [0.1, 0.15) is 53.4 Å². The molecule has 0 heterocycles. The Labute approximate surface area is 164 Å². The summed E-state index contributed by atoms with van der Waals surface area (Å²) in [5.41, 5.74) is 8.50. The average Bonchev–Trinajstić information content (AvgIpc) is 2.62. The first-order valence-electron chi connectivity index (χ1n) is 10.1. The molecule has 0 spiro atoms. The number of nitrogens with two attached hydrogens (primary N) is 1. The van der Waals surface area contributed by atoms with Crippen LogP contribution in [0.5, 0.6) is 0 Å². The van der Waals surface area contributed by atoms with Gasteiger partial charge in [0.1, 0.15) is 0 Å². The number of hydrogen-bond donors (Lipinski definition) is 2. The first-order chi connectivity index (χ1) is 12.8. The summed E-state index contributed by atoms with van der Waals surface area (Å²) in [4.78, 5) is 12.1. The molecule has 0 fully saturated rings. The van der Waals surface area contributed by atoms with E-state index in [9.17, 15) is 4.79 Å². The molecule has 0 bridgehead atoms. The van der Waals surface area contributed by atoms with Crippen molar-refractivity contribution >= 4 is 17.3 Å². The Morgan fingerprint density at radius 2 is 2.11 bits per heavy atom. The van der Waals surface area contributed by atoms with Crippen molar-refractivity contribution in [3.05, 3.63) is 60.2 Å². The quantitative estimate of drug-likeness (QED) is 0.430. The molecule has 1 amide bonds. The normalized spacial score (nSPS) is 19.1. The Morgan fingerprint density at radius 3 is 2.70 bits per heavy atom. The van der Waals surface area contributed by atoms with Gasteiger partial charge >= 0.3 is 0 Å².